The Morgan fingerprint density at radius 1 is 0.969 bits per heavy atom. The molecule has 1 saturated heterocycles. The van der Waals surface area contributed by atoms with Gasteiger partial charge in [-0.3, -0.25) is 9.69 Å². The number of rotatable bonds is 6. The molecular formula is C25H23N3O3S. The molecule has 0 aliphatic carbocycles. The molecule has 4 aromatic rings. The Labute approximate surface area is 187 Å². The van der Waals surface area contributed by atoms with E-state index in [1.54, 1.807) is 42.6 Å². The van der Waals surface area contributed by atoms with Gasteiger partial charge in [-0.15, -0.1) is 0 Å². The smallest absolute Gasteiger partial charge is 0.270 e. The summed E-state index contributed by atoms with van der Waals surface area (Å²) < 4.78 is 28.2. The number of nitrogens with zero attached hydrogens (tertiary/aromatic N) is 3. The Morgan fingerprint density at radius 2 is 1.69 bits per heavy atom. The third-order valence-electron chi connectivity index (χ3n) is 5.95. The summed E-state index contributed by atoms with van der Waals surface area (Å²) in [6.45, 7) is 2.18. The molecule has 0 amide bonds. The molecule has 2 aromatic heterocycles. The van der Waals surface area contributed by atoms with Crippen LogP contribution in [-0.2, 0) is 16.6 Å². The highest BCUT2D eigenvalue weighted by atomic mass is 32.2. The van der Waals surface area contributed by atoms with Crippen molar-refractivity contribution >= 4 is 26.8 Å². The van der Waals surface area contributed by atoms with Crippen molar-refractivity contribution in [3.05, 3.63) is 96.3 Å². The maximum absolute atomic E-state index is 13.6. The predicted molar refractivity (Wildman–Crippen MR) is 123 cm³/mol. The van der Waals surface area contributed by atoms with E-state index in [2.05, 4.69) is 22.0 Å². The van der Waals surface area contributed by atoms with Crippen molar-refractivity contribution in [1.29, 1.82) is 0 Å². The Bertz CT molecular complexity index is 1370. The van der Waals surface area contributed by atoms with E-state index in [4.69, 9.17) is 0 Å². The second-order valence-corrected chi connectivity index (χ2v) is 9.89. The standard InChI is InChI=1S/C25H23N3O3S/c29-24(21-13-15-27(18-21)17-19-8-3-1-4-9-19)23-16-20-10-7-14-26-25(20)28(23)32(30,31)22-11-5-2-6-12-22/h1-12,14,16,21H,13,15,17-18H2. The van der Waals surface area contributed by atoms with Gasteiger partial charge in [0, 0.05) is 30.6 Å². The van der Waals surface area contributed by atoms with Gasteiger partial charge in [0.1, 0.15) is 5.69 Å². The first kappa shape index (κ1) is 20.6. The molecule has 0 spiro atoms. The molecule has 7 heteroatoms. The summed E-state index contributed by atoms with van der Waals surface area (Å²) >= 11 is 0. The van der Waals surface area contributed by atoms with Gasteiger partial charge in [0.05, 0.1) is 4.90 Å². The summed E-state index contributed by atoms with van der Waals surface area (Å²) in [6.07, 6.45) is 2.25. The molecule has 0 radical (unpaired) electrons. The number of ketones is 1. The minimum absolute atomic E-state index is 0.134. The van der Waals surface area contributed by atoms with Crippen LogP contribution < -0.4 is 0 Å². The first-order valence-electron chi connectivity index (χ1n) is 10.6. The van der Waals surface area contributed by atoms with Gasteiger partial charge in [0.15, 0.2) is 11.4 Å². The third kappa shape index (κ3) is 3.74. The van der Waals surface area contributed by atoms with Crippen molar-refractivity contribution in [1.82, 2.24) is 13.9 Å². The number of carbonyl (C=O) groups is 1. The molecule has 162 valence electrons. The molecule has 5 rings (SSSR count). The van der Waals surface area contributed by atoms with E-state index >= 15 is 0 Å². The molecule has 1 aliphatic rings. The first-order chi connectivity index (χ1) is 15.5. The monoisotopic (exact) mass is 445 g/mol. The second kappa shape index (κ2) is 8.33. The van der Waals surface area contributed by atoms with Gasteiger partial charge in [0.2, 0.25) is 0 Å². The van der Waals surface area contributed by atoms with Gasteiger partial charge in [-0.05, 0) is 48.9 Å². The zero-order chi connectivity index (χ0) is 22.1. The lowest BCUT2D eigenvalue weighted by atomic mass is 10.0. The summed E-state index contributed by atoms with van der Waals surface area (Å²) in [5.74, 6) is -0.411. The van der Waals surface area contributed by atoms with Gasteiger partial charge in [-0.2, -0.15) is 0 Å². The number of pyridine rings is 1. The van der Waals surface area contributed by atoms with E-state index in [-0.39, 0.29) is 27.9 Å². The number of carbonyl (C=O) groups excluding carboxylic acids is 1. The molecule has 1 unspecified atom stereocenters. The van der Waals surface area contributed by atoms with E-state index in [0.717, 1.165) is 17.1 Å². The average molecular weight is 446 g/mol. The highest BCUT2D eigenvalue weighted by Crippen LogP contribution is 2.29. The van der Waals surface area contributed by atoms with Crippen LogP contribution in [0.3, 0.4) is 0 Å². The number of benzene rings is 2. The van der Waals surface area contributed by atoms with Gasteiger partial charge in [-0.1, -0.05) is 48.5 Å². The molecular weight excluding hydrogens is 422 g/mol. The fraction of sp³-hybridized carbons (Fsp3) is 0.200. The summed E-state index contributed by atoms with van der Waals surface area (Å²) in [4.78, 5) is 20.2. The fourth-order valence-corrected chi connectivity index (χ4v) is 5.86. The van der Waals surface area contributed by atoms with Gasteiger partial charge >= 0.3 is 0 Å². The van der Waals surface area contributed by atoms with Crippen LogP contribution in [0.15, 0.2) is 90.0 Å². The maximum Gasteiger partial charge on any atom is 0.270 e. The Hall–Kier alpha value is -3.29. The summed E-state index contributed by atoms with van der Waals surface area (Å²) in [5, 5.41) is 0.634. The van der Waals surface area contributed by atoms with Crippen molar-refractivity contribution in [3.63, 3.8) is 0 Å². The van der Waals surface area contributed by atoms with E-state index in [1.165, 1.54) is 17.7 Å². The van der Waals surface area contributed by atoms with Crippen LogP contribution in [0.5, 0.6) is 0 Å². The molecule has 1 fully saturated rings. The van der Waals surface area contributed by atoms with Crippen LogP contribution in [0, 0.1) is 5.92 Å². The van der Waals surface area contributed by atoms with Crippen LogP contribution in [0.1, 0.15) is 22.5 Å². The largest absolute Gasteiger partial charge is 0.298 e. The number of hydrogen-bond acceptors (Lipinski definition) is 5. The molecule has 32 heavy (non-hydrogen) atoms. The Morgan fingerprint density at radius 3 is 2.44 bits per heavy atom. The molecule has 6 nitrogen and oxygen atoms in total. The third-order valence-corrected chi connectivity index (χ3v) is 7.66. The van der Waals surface area contributed by atoms with Crippen LogP contribution >= 0.6 is 0 Å². The minimum atomic E-state index is -3.97. The summed E-state index contributed by atoms with van der Waals surface area (Å²) in [7, 11) is -3.97. The van der Waals surface area contributed by atoms with Crippen molar-refractivity contribution in [2.45, 2.75) is 17.9 Å². The highest BCUT2D eigenvalue weighted by molar-refractivity contribution is 7.90. The second-order valence-electron chi connectivity index (χ2n) is 8.10. The van der Waals surface area contributed by atoms with Crippen LogP contribution in [0.2, 0.25) is 0 Å². The maximum atomic E-state index is 13.6. The van der Waals surface area contributed by atoms with Gasteiger partial charge < -0.3 is 0 Å². The van der Waals surface area contributed by atoms with Crippen LogP contribution in [0.25, 0.3) is 11.0 Å². The van der Waals surface area contributed by atoms with E-state index in [1.807, 2.05) is 18.2 Å². The van der Waals surface area contributed by atoms with E-state index in [9.17, 15) is 13.2 Å². The SMILES string of the molecule is O=C(c1cc2cccnc2n1S(=O)(=O)c1ccccc1)C1CCN(Cc2ccccc2)C1. The summed E-state index contributed by atoms with van der Waals surface area (Å²) in [6, 6.07) is 23.5. The minimum Gasteiger partial charge on any atom is -0.298 e. The fourth-order valence-electron chi connectivity index (χ4n) is 4.37. The lowest BCUT2D eigenvalue weighted by Gasteiger charge is -2.16. The number of fused-ring (bicyclic) bond motifs is 1. The molecule has 0 N–H and O–H groups in total. The van der Waals surface area contributed by atoms with Gasteiger partial charge in [0.25, 0.3) is 10.0 Å². The van der Waals surface area contributed by atoms with Crippen molar-refractivity contribution in [3.8, 4) is 0 Å². The Balaban J connectivity index is 1.49. The molecule has 2 aromatic carbocycles. The zero-order valence-corrected chi connectivity index (χ0v) is 18.3. The summed E-state index contributed by atoms with van der Waals surface area (Å²) in [5.41, 5.74) is 1.65. The molecule has 0 saturated carbocycles. The number of likely N-dealkylation sites (tertiary alicyclic amines) is 1. The molecule has 3 heterocycles. The first-order valence-corrected chi connectivity index (χ1v) is 12.1. The van der Waals surface area contributed by atoms with Crippen LogP contribution in [-0.4, -0.2) is 41.1 Å². The number of hydrogen-bond donors (Lipinski definition) is 0. The number of Topliss-reactive ketones (excluding diaryl/α,β-unsaturated/α-hetero) is 1. The topological polar surface area (TPSA) is 72.3 Å². The predicted octanol–water partition coefficient (Wildman–Crippen LogP) is 3.98. The van der Waals surface area contributed by atoms with Crippen molar-refractivity contribution in [2.24, 2.45) is 5.92 Å². The molecule has 1 atom stereocenters. The van der Waals surface area contributed by atoms with Gasteiger partial charge in [-0.25, -0.2) is 17.4 Å². The zero-order valence-electron chi connectivity index (χ0n) is 17.5. The van der Waals surface area contributed by atoms with Crippen molar-refractivity contribution in [2.75, 3.05) is 13.1 Å². The average Bonchev–Trinajstić information content (AvgIpc) is 3.45. The Kier molecular flexibility index (Phi) is 5.36. The number of aromatic nitrogens is 2. The van der Waals surface area contributed by atoms with Crippen molar-refractivity contribution < 1.29 is 13.2 Å². The molecule has 0 bridgehead atoms. The van der Waals surface area contributed by atoms with Crippen LogP contribution in [0.4, 0.5) is 0 Å². The quantitative estimate of drug-likeness (QED) is 0.420. The molecule has 1 aliphatic heterocycles. The van der Waals surface area contributed by atoms with E-state index in [0.29, 0.717) is 18.4 Å². The highest BCUT2D eigenvalue weighted by Gasteiger charge is 2.34. The normalized spacial score (nSPS) is 17.1. The lowest BCUT2D eigenvalue weighted by Crippen LogP contribution is -2.26. The lowest BCUT2D eigenvalue weighted by molar-refractivity contribution is 0.0916. The van der Waals surface area contributed by atoms with E-state index < -0.39 is 10.0 Å².